The zero-order valence-corrected chi connectivity index (χ0v) is 17.8. The average molecular weight is 396 g/mol. The Hall–Kier alpha value is -1.44. The number of amides is 1. The van der Waals surface area contributed by atoms with Crippen LogP contribution in [0.4, 0.5) is 0 Å². The van der Waals surface area contributed by atoms with E-state index >= 15 is 0 Å². The molecule has 1 saturated heterocycles. The van der Waals surface area contributed by atoms with Crippen LogP contribution >= 0.6 is 0 Å². The van der Waals surface area contributed by atoms with E-state index in [2.05, 4.69) is 19.2 Å². The van der Waals surface area contributed by atoms with Crippen molar-refractivity contribution < 1.29 is 13.2 Å². The van der Waals surface area contributed by atoms with Gasteiger partial charge < -0.3 is 10.2 Å². The molecule has 0 aromatic heterocycles. The van der Waals surface area contributed by atoms with E-state index in [9.17, 15) is 13.2 Å². The quantitative estimate of drug-likeness (QED) is 0.732. The SMILES string of the molecule is Cc1ccc(S(=O)(=O)N(CCC(=O)N2CCNCC2)CCC(C)C)cc1C. The van der Waals surface area contributed by atoms with Gasteiger partial charge in [-0.05, 0) is 49.4 Å². The van der Waals surface area contributed by atoms with Crippen LogP contribution in [0.2, 0.25) is 0 Å². The van der Waals surface area contributed by atoms with Crippen molar-refractivity contribution in [3.63, 3.8) is 0 Å². The minimum atomic E-state index is -3.61. The van der Waals surface area contributed by atoms with Gasteiger partial charge in [-0.25, -0.2) is 8.42 Å². The van der Waals surface area contributed by atoms with Crippen molar-refractivity contribution in [2.24, 2.45) is 5.92 Å². The lowest BCUT2D eigenvalue weighted by Gasteiger charge is -2.29. The molecule has 0 spiro atoms. The van der Waals surface area contributed by atoms with Gasteiger partial charge in [-0.2, -0.15) is 4.31 Å². The molecule has 27 heavy (non-hydrogen) atoms. The molecule has 1 aromatic carbocycles. The number of sulfonamides is 1. The molecule has 0 radical (unpaired) electrons. The van der Waals surface area contributed by atoms with Gasteiger partial charge in [0.1, 0.15) is 0 Å². The number of carbonyl (C=O) groups excluding carboxylic acids is 1. The molecular weight excluding hydrogens is 362 g/mol. The predicted octanol–water partition coefficient (Wildman–Crippen LogP) is 2.16. The molecule has 0 aliphatic carbocycles. The molecule has 6 nitrogen and oxygen atoms in total. The normalized spacial score (nSPS) is 15.6. The van der Waals surface area contributed by atoms with Gasteiger partial charge in [0, 0.05) is 45.7 Å². The van der Waals surface area contributed by atoms with Crippen LogP contribution in [0.3, 0.4) is 0 Å². The summed E-state index contributed by atoms with van der Waals surface area (Å²) in [6.45, 7) is 11.7. The van der Waals surface area contributed by atoms with E-state index in [1.807, 2.05) is 24.8 Å². The van der Waals surface area contributed by atoms with E-state index in [4.69, 9.17) is 0 Å². The number of benzene rings is 1. The second kappa shape index (κ2) is 9.66. The summed E-state index contributed by atoms with van der Waals surface area (Å²) in [5.74, 6) is 0.424. The highest BCUT2D eigenvalue weighted by Crippen LogP contribution is 2.20. The molecule has 1 N–H and O–H groups in total. The van der Waals surface area contributed by atoms with Gasteiger partial charge in [-0.3, -0.25) is 4.79 Å². The van der Waals surface area contributed by atoms with E-state index in [0.717, 1.165) is 30.6 Å². The maximum Gasteiger partial charge on any atom is 0.243 e. The van der Waals surface area contributed by atoms with Crippen LogP contribution in [0, 0.1) is 19.8 Å². The summed E-state index contributed by atoms with van der Waals surface area (Å²) in [4.78, 5) is 14.6. The maximum atomic E-state index is 13.2. The van der Waals surface area contributed by atoms with Crippen LogP contribution < -0.4 is 5.32 Å². The first-order valence-corrected chi connectivity index (χ1v) is 11.2. The fraction of sp³-hybridized carbons (Fsp3) is 0.650. The van der Waals surface area contributed by atoms with Crippen LogP contribution in [-0.4, -0.2) is 62.8 Å². The first kappa shape index (κ1) is 21.9. The van der Waals surface area contributed by atoms with Crippen LogP contribution in [0.5, 0.6) is 0 Å². The summed E-state index contributed by atoms with van der Waals surface area (Å²) in [7, 11) is -3.61. The van der Waals surface area contributed by atoms with E-state index in [-0.39, 0.29) is 18.9 Å². The van der Waals surface area contributed by atoms with Gasteiger partial charge in [0.25, 0.3) is 0 Å². The predicted molar refractivity (Wildman–Crippen MR) is 108 cm³/mol. The Morgan fingerprint density at radius 2 is 1.81 bits per heavy atom. The lowest BCUT2D eigenvalue weighted by Crippen LogP contribution is -2.47. The number of aryl methyl sites for hydroxylation is 2. The van der Waals surface area contributed by atoms with Crippen molar-refractivity contribution in [2.45, 2.75) is 45.4 Å². The molecule has 152 valence electrons. The zero-order chi connectivity index (χ0) is 20.0. The third kappa shape index (κ3) is 6.02. The topological polar surface area (TPSA) is 69.7 Å². The number of nitrogens with one attached hydrogen (secondary N) is 1. The highest BCUT2D eigenvalue weighted by molar-refractivity contribution is 7.89. The van der Waals surface area contributed by atoms with E-state index in [1.165, 1.54) is 4.31 Å². The summed E-state index contributed by atoms with van der Waals surface area (Å²) in [5, 5.41) is 3.22. The minimum absolute atomic E-state index is 0.0290. The lowest BCUT2D eigenvalue weighted by molar-refractivity contribution is -0.131. The van der Waals surface area contributed by atoms with Crippen LogP contribution in [0.1, 0.15) is 37.8 Å². The summed E-state index contributed by atoms with van der Waals surface area (Å²) in [5.41, 5.74) is 2.02. The molecule has 1 aliphatic heterocycles. The van der Waals surface area contributed by atoms with Gasteiger partial charge in [0.15, 0.2) is 0 Å². The van der Waals surface area contributed by atoms with Gasteiger partial charge >= 0.3 is 0 Å². The molecule has 1 aromatic rings. The Balaban J connectivity index is 2.14. The standard InChI is InChI=1S/C20H33N3O3S/c1-16(2)7-11-23(12-8-20(24)22-13-9-21-10-14-22)27(25,26)19-6-5-17(3)18(4)15-19/h5-6,15-16,21H,7-14H2,1-4H3. The summed E-state index contributed by atoms with van der Waals surface area (Å²) in [6.07, 6.45) is 0.994. The fourth-order valence-corrected chi connectivity index (χ4v) is 4.61. The summed E-state index contributed by atoms with van der Waals surface area (Å²) in [6, 6.07) is 5.23. The van der Waals surface area contributed by atoms with Crippen molar-refractivity contribution in [3.05, 3.63) is 29.3 Å². The van der Waals surface area contributed by atoms with Gasteiger partial charge in [-0.15, -0.1) is 0 Å². The Labute approximate surface area is 164 Å². The Morgan fingerprint density at radius 3 is 2.41 bits per heavy atom. The largest absolute Gasteiger partial charge is 0.340 e. The number of hydrogen-bond donors (Lipinski definition) is 1. The van der Waals surface area contributed by atoms with Crippen molar-refractivity contribution >= 4 is 15.9 Å². The van der Waals surface area contributed by atoms with Crippen LogP contribution in [-0.2, 0) is 14.8 Å². The second-order valence-electron chi connectivity index (χ2n) is 7.71. The molecule has 0 unspecified atom stereocenters. The van der Waals surface area contributed by atoms with E-state index in [1.54, 1.807) is 12.1 Å². The zero-order valence-electron chi connectivity index (χ0n) is 17.0. The molecular formula is C20H33N3O3S. The molecule has 1 aliphatic rings. The number of piperazine rings is 1. The number of carbonyl (C=O) groups is 1. The number of rotatable bonds is 8. The molecule has 0 atom stereocenters. The van der Waals surface area contributed by atoms with Crippen molar-refractivity contribution in [1.29, 1.82) is 0 Å². The average Bonchev–Trinajstić information content (AvgIpc) is 2.63. The monoisotopic (exact) mass is 395 g/mol. The van der Waals surface area contributed by atoms with Crippen molar-refractivity contribution in [3.8, 4) is 0 Å². The third-order valence-corrected chi connectivity index (χ3v) is 7.01. The number of nitrogens with zero attached hydrogens (tertiary/aromatic N) is 2. The highest BCUT2D eigenvalue weighted by atomic mass is 32.2. The Bertz CT molecular complexity index is 741. The summed E-state index contributed by atoms with van der Waals surface area (Å²) >= 11 is 0. The third-order valence-electron chi connectivity index (χ3n) is 5.12. The molecule has 1 fully saturated rings. The van der Waals surface area contributed by atoms with E-state index < -0.39 is 10.0 Å². The smallest absolute Gasteiger partial charge is 0.243 e. The Kier molecular flexibility index (Phi) is 7.82. The molecule has 1 heterocycles. The van der Waals surface area contributed by atoms with Crippen molar-refractivity contribution in [1.82, 2.24) is 14.5 Å². The first-order chi connectivity index (χ1) is 12.7. The fourth-order valence-electron chi connectivity index (χ4n) is 3.07. The molecule has 0 saturated carbocycles. The van der Waals surface area contributed by atoms with Gasteiger partial charge in [-0.1, -0.05) is 19.9 Å². The molecule has 0 bridgehead atoms. The summed E-state index contributed by atoms with van der Waals surface area (Å²) < 4.78 is 27.9. The van der Waals surface area contributed by atoms with Crippen molar-refractivity contribution in [2.75, 3.05) is 39.3 Å². The van der Waals surface area contributed by atoms with Crippen LogP contribution in [0.15, 0.2) is 23.1 Å². The maximum absolute atomic E-state index is 13.2. The highest BCUT2D eigenvalue weighted by Gasteiger charge is 2.26. The minimum Gasteiger partial charge on any atom is -0.340 e. The number of hydrogen-bond acceptors (Lipinski definition) is 4. The van der Waals surface area contributed by atoms with Gasteiger partial charge in [0.2, 0.25) is 15.9 Å². The lowest BCUT2D eigenvalue weighted by atomic mass is 10.1. The first-order valence-electron chi connectivity index (χ1n) is 9.77. The molecule has 7 heteroatoms. The molecule has 1 amide bonds. The second-order valence-corrected chi connectivity index (χ2v) is 9.65. The molecule has 2 rings (SSSR count). The Morgan fingerprint density at radius 1 is 1.15 bits per heavy atom. The van der Waals surface area contributed by atoms with Crippen LogP contribution in [0.25, 0.3) is 0 Å². The van der Waals surface area contributed by atoms with Gasteiger partial charge in [0.05, 0.1) is 4.90 Å². The van der Waals surface area contributed by atoms with E-state index in [0.29, 0.717) is 30.4 Å².